The molecule has 0 spiro atoms. The first-order chi connectivity index (χ1) is 7.27. The summed E-state index contributed by atoms with van der Waals surface area (Å²) in [5, 5.41) is 3.47. The van der Waals surface area contributed by atoms with Crippen molar-refractivity contribution in [1.29, 1.82) is 0 Å². The van der Waals surface area contributed by atoms with Crippen LogP contribution in [-0.2, 0) is 6.42 Å². The molecule has 0 unspecified atom stereocenters. The zero-order valence-electron chi connectivity index (χ0n) is 9.84. The molecule has 2 nitrogen and oxygen atoms in total. The van der Waals surface area contributed by atoms with Crippen molar-refractivity contribution in [3.8, 4) is 0 Å². The van der Waals surface area contributed by atoms with E-state index in [0.717, 1.165) is 18.7 Å². The van der Waals surface area contributed by atoms with Crippen molar-refractivity contribution in [1.82, 2.24) is 0 Å². The van der Waals surface area contributed by atoms with Gasteiger partial charge in [-0.15, -0.1) is 0 Å². The molecule has 0 saturated heterocycles. The largest absolute Gasteiger partial charge is 0.399 e. The van der Waals surface area contributed by atoms with E-state index in [4.69, 9.17) is 5.73 Å². The number of unbranched alkanes of at least 4 members (excludes halogenated alkanes) is 2. The van der Waals surface area contributed by atoms with Gasteiger partial charge in [-0.25, -0.2) is 0 Å². The molecule has 0 fully saturated rings. The summed E-state index contributed by atoms with van der Waals surface area (Å²) in [6.07, 6.45) is 4.83. The van der Waals surface area contributed by atoms with Gasteiger partial charge >= 0.3 is 0 Å². The molecule has 0 aliphatic heterocycles. The second kappa shape index (κ2) is 6.33. The van der Waals surface area contributed by atoms with Gasteiger partial charge in [0.25, 0.3) is 0 Å². The molecule has 84 valence electrons. The molecule has 1 aromatic carbocycles. The Morgan fingerprint density at radius 2 is 2.00 bits per heavy atom. The van der Waals surface area contributed by atoms with Crippen LogP contribution >= 0.6 is 0 Å². The number of nitrogens with two attached hydrogens (primary N) is 1. The highest BCUT2D eigenvalue weighted by Crippen LogP contribution is 2.19. The lowest BCUT2D eigenvalue weighted by molar-refractivity contribution is 0.743. The Balaban J connectivity index is 2.52. The van der Waals surface area contributed by atoms with Crippen LogP contribution in [0.3, 0.4) is 0 Å². The minimum absolute atomic E-state index is 0.853. The monoisotopic (exact) mass is 206 g/mol. The highest BCUT2D eigenvalue weighted by atomic mass is 14.9. The molecule has 3 N–H and O–H groups in total. The third-order valence-corrected chi connectivity index (χ3v) is 2.61. The molecule has 0 aliphatic rings. The maximum atomic E-state index is 5.75. The normalized spacial score (nSPS) is 10.3. The van der Waals surface area contributed by atoms with Crippen LogP contribution < -0.4 is 11.1 Å². The van der Waals surface area contributed by atoms with E-state index in [0.29, 0.717) is 0 Å². The van der Waals surface area contributed by atoms with Crippen LogP contribution in [0.25, 0.3) is 0 Å². The quantitative estimate of drug-likeness (QED) is 0.553. The molecule has 1 aromatic rings. The fourth-order valence-corrected chi connectivity index (χ4v) is 1.68. The van der Waals surface area contributed by atoms with E-state index >= 15 is 0 Å². The third kappa shape index (κ3) is 3.82. The minimum Gasteiger partial charge on any atom is -0.399 e. The summed E-state index contributed by atoms with van der Waals surface area (Å²) < 4.78 is 0. The summed E-state index contributed by atoms with van der Waals surface area (Å²) in [6, 6.07) is 6.10. The molecular weight excluding hydrogens is 184 g/mol. The summed E-state index contributed by atoms with van der Waals surface area (Å²) in [7, 11) is 0. The van der Waals surface area contributed by atoms with Gasteiger partial charge in [0.1, 0.15) is 0 Å². The van der Waals surface area contributed by atoms with Crippen molar-refractivity contribution in [3.63, 3.8) is 0 Å². The van der Waals surface area contributed by atoms with Gasteiger partial charge in [-0.05, 0) is 36.6 Å². The lowest BCUT2D eigenvalue weighted by atomic mass is 10.1. The molecule has 1 rings (SSSR count). The van der Waals surface area contributed by atoms with E-state index in [1.54, 1.807) is 0 Å². The summed E-state index contributed by atoms with van der Waals surface area (Å²) in [5.41, 5.74) is 9.15. The van der Waals surface area contributed by atoms with Crippen molar-refractivity contribution >= 4 is 11.4 Å². The zero-order chi connectivity index (χ0) is 11.1. The first-order valence-corrected chi connectivity index (χ1v) is 5.90. The molecule has 2 heteroatoms. The molecular formula is C13H22N2. The number of nitrogen functional groups attached to an aromatic ring is 1. The second-order valence-corrected chi connectivity index (χ2v) is 3.90. The van der Waals surface area contributed by atoms with Crippen molar-refractivity contribution < 1.29 is 0 Å². The Labute approximate surface area is 92.9 Å². The topological polar surface area (TPSA) is 38.0 Å². The molecule has 0 amide bonds. The van der Waals surface area contributed by atoms with Gasteiger partial charge in [-0.1, -0.05) is 26.7 Å². The zero-order valence-corrected chi connectivity index (χ0v) is 9.84. The Morgan fingerprint density at radius 3 is 2.67 bits per heavy atom. The van der Waals surface area contributed by atoms with E-state index in [1.807, 2.05) is 6.07 Å². The van der Waals surface area contributed by atoms with Crippen LogP contribution in [0.15, 0.2) is 18.2 Å². The lowest BCUT2D eigenvalue weighted by Crippen LogP contribution is -2.04. The van der Waals surface area contributed by atoms with Gasteiger partial charge in [-0.3, -0.25) is 0 Å². The maximum Gasteiger partial charge on any atom is 0.0374 e. The molecule has 0 aromatic heterocycles. The SMILES string of the molecule is CCCCCNc1ccc(N)cc1CC. The predicted octanol–water partition coefficient (Wildman–Crippen LogP) is 3.43. The number of benzene rings is 1. The highest BCUT2D eigenvalue weighted by Gasteiger charge is 1.99. The smallest absolute Gasteiger partial charge is 0.0374 e. The predicted molar refractivity (Wildman–Crippen MR) is 68.2 cm³/mol. The van der Waals surface area contributed by atoms with Crippen molar-refractivity contribution in [2.75, 3.05) is 17.6 Å². The third-order valence-electron chi connectivity index (χ3n) is 2.61. The number of aryl methyl sites for hydroxylation is 1. The average Bonchev–Trinajstić information content (AvgIpc) is 2.26. The Bertz CT molecular complexity index is 295. The van der Waals surface area contributed by atoms with Crippen LogP contribution in [0.4, 0.5) is 11.4 Å². The van der Waals surface area contributed by atoms with E-state index in [2.05, 4.69) is 31.3 Å². The molecule has 0 bridgehead atoms. The Hall–Kier alpha value is -1.18. The van der Waals surface area contributed by atoms with Gasteiger partial charge in [0.2, 0.25) is 0 Å². The van der Waals surface area contributed by atoms with Crippen LogP contribution in [0, 0.1) is 0 Å². The van der Waals surface area contributed by atoms with E-state index < -0.39 is 0 Å². The first-order valence-electron chi connectivity index (χ1n) is 5.90. The fourth-order valence-electron chi connectivity index (χ4n) is 1.68. The van der Waals surface area contributed by atoms with E-state index in [1.165, 1.54) is 30.5 Å². The number of rotatable bonds is 6. The highest BCUT2D eigenvalue weighted by molar-refractivity contribution is 5.58. The first kappa shape index (κ1) is 11.9. The second-order valence-electron chi connectivity index (χ2n) is 3.90. The average molecular weight is 206 g/mol. The number of anilines is 2. The number of nitrogens with one attached hydrogen (secondary N) is 1. The maximum absolute atomic E-state index is 5.75. The van der Waals surface area contributed by atoms with Crippen molar-refractivity contribution in [2.24, 2.45) is 0 Å². The molecule has 0 aliphatic carbocycles. The van der Waals surface area contributed by atoms with Crippen LogP contribution in [0.2, 0.25) is 0 Å². The van der Waals surface area contributed by atoms with Gasteiger partial charge in [0.05, 0.1) is 0 Å². The number of hydrogen-bond donors (Lipinski definition) is 2. The summed E-state index contributed by atoms with van der Waals surface area (Å²) >= 11 is 0. The number of hydrogen-bond acceptors (Lipinski definition) is 2. The van der Waals surface area contributed by atoms with Crippen molar-refractivity contribution in [3.05, 3.63) is 23.8 Å². The molecule has 0 heterocycles. The van der Waals surface area contributed by atoms with E-state index in [-0.39, 0.29) is 0 Å². The van der Waals surface area contributed by atoms with Crippen LogP contribution in [0.1, 0.15) is 38.7 Å². The summed E-state index contributed by atoms with van der Waals surface area (Å²) in [6.45, 7) is 5.44. The fraction of sp³-hybridized carbons (Fsp3) is 0.538. The standard InChI is InChI=1S/C13H22N2/c1-3-5-6-9-15-13-8-7-12(14)10-11(13)4-2/h7-8,10,15H,3-6,9,14H2,1-2H3. The van der Waals surface area contributed by atoms with Gasteiger partial charge in [0.15, 0.2) is 0 Å². The Kier molecular flexibility index (Phi) is 5.02. The minimum atomic E-state index is 0.853. The molecule has 15 heavy (non-hydrogen) atoms. The molecule has 0 radical (unpaired) electrons. The lowest BCUT2D eigenvalue weighted by Gasteiger charge is -2.11. The van der Waals surface area contributed by atoms with Crippen LogP contribution in [-0.4, -0.2) is 6.54 Å². The molecule has 0 saturated carbocycles. The van der Waals surface area contributed by atoms with Gasteiger partial charge in [-0.2, -0.15) is 0 Å². The Morgan fingerprint density at radius 1 is 1.20 bits per heavy atom. The van der Waals surface area contributed by atoms with Crippen molar-refractivity contribution in [2.45, 2.75) is 39.5 Å². The van der Waals surface area contributed by atoms with Gasteiger partial charge in [0, 0.05) is 17.9 Å². The summed E-state index contributed by atoms with van der Waals surface area (Å²) in [5.74, 6) is 0. The summed E-state index contributed by atoms with van der Waals surface area (Å²) in [4.78, 5) is 0. The van der Waals surface area contributed by atoms with Gasteiger partial charge < -0.3 is 11.1 Å². The molecule has 0 atom stereocenters. The van der Waals surface area contributed by atoms with E-state index in [9.17, 15) is 0 Å². The van der Waals surface area contributed by atoms with Crippen LogP contribution in [0.5, 0.6) is 0 Å².